The molecule has 26 heavy (non-hydrogen) atoms. The molecule has 0 aliphatic carbocycles. The third kappa shape index (κ3) is 4.32. The van der Waals surface area contributed by atoms with Crippen molar-refractivity contribution in [3.63, 3.8) is 0 Å². The Morgan fingerprint density at radius 1 is 1.00 bits per heavy atom. The largest absolute Gasteiger partial charge is 0.507 e. The molecule has 3 aromatic rings. The number of rotatable bonds is 5. The molecular formula is C20H16ClNO4. The average molecular weight is 370 g/mol. The fourth-order valence-electron chi connectivity index (χ4n) is 2.50. The number of aromatic hydroxyl groups is 1. The van der Waals surface area contributed by atoms with E-state index in [1.54, 1.807) is 18.2 Å². The van der Waals surface area contributed by atoms with E-state index in [-0.39, 0.29) is 17.9 Å². The summed E-state index contributed by atoms with van der Waals surface area (Å²) in [5.41, 5.74) is 0.857. The first kappa shape index (κ1) is 17.8. The summed E-state index contributed by atoms with van der Waals surface area (Å²) in [5.74, 6) is -1.39. The van der Waals surface area contributed by atoms with E-state index < -0.39 is 18.5 Å². The fourth-order valence-corrected chi connectivity index (χ4v) is 2.71. The number of halogens is 1. The Bertz CT molecular complexity index is 971. The first-order chi connectivity index (χ1) is 12.5. The third-order valence-corrected chi connectivity index (χ3v) is 4.03. The Hall–Kier alpha value is -3.05. The first-order valence-electron chi connectivity index (χ1n) is 7.93. The van der Waals surface area contributed by atoms with E-state index >= 15 is 0 Å². The number of nitrogens with one attached hydrogen (secondary N) is 1. The smallest absolute Gasteiger partial charge is 0.342 e. The minimum atomic E-state index is -0.758. The van der Waals surface area contributed by atoms with Gasteiger partial charge in [-0.1, -0.05) is 48.0 Å². The number of phenols is 1. The topological polar surface area (TPSA) is 75.6 Å². The highest BCUT2D eigenvalue weighted by atomic mass is 35.5. The number of fused-ring (bicyclic) bond motifs is 1. The van der Waals surface area contributed by atoms with E-state index in [1.165, 1.54) is 12.1 Å². The molecule has 132 valence electrons. The van der Waals surface area contributed by atoms with Crippen molar-refractivity contribution in [3.05, 3.63) is 76.8 Å². The molecule has 0 unspecified atom stereocenters. The molecular weight excluding hydrogens is 354 g/mol. The molecule has 0 spiro atoms. The number of amides is 1. The zero-order chi connectivity index (χ0) is 18.5. The summed E-state index contributed by atoms with van der Waals surface area (Å²) in [4.78, 5) is 24.0. The molecule has 0 radical (unpaired) electrons. The molecule has 2 N–H and O–H groups in total. The van der Waals surface area contributed by atoms with Crippen LogP contribution in [0.3, 0.4) is 0 Å². The minimum absolute atomic E-state index is 0.0198. The van der Waals surface area contributed by atoms with Crippen molar-refractivity contribution in [2.24, 2.45) is 0 Å². The van der Waals surface area contributed by atoms with E-state index in [4.69, 9.17) is 16.3 Å². The van der Waals surface area contributed by atoms with Crippen molar-refractivity contribution in [2.75, 3.05) is 6.61 Å². The van der Waals surface area contributed by atoms with Crippen LogP contribution in [0.5, 0.6) is 5.75 Å². The van der Waals surface area contributed by atoms with Crippen molar-refractivity contribution >= 4 is 34.2 Å². The van der Waals surface area contributed by atoms with Gasteiger partial charge >= 0.3 is 5.97 Å². The average Bonchev–Trinajstić information content (AvgIpc) is 2.64. The molecule has 0 saturated heterocycles. The Morgan fingerprint density at radius 2 is 1.73 bits per heavy atom. The molecule has 1 amide bonds. The molecule has 0 heterocycles. The number of ether oxygens (including phenoxy) is 1. The predicted octanol–water partition coefficient (Wildman–Crippen LogP) is 3.67. The van der Waals surface area contributed by atoms with Crippen molar-refractivity contribution in [2.45, 2.75) is 6.54 Å². The van der Waals surface area contributed by atoms with Crippen LogP contribution in [0.25, 0.3) is 10.8 Å². The Labute approximate surface area is 155 Å². The van der Waals surface area contributed by atoms with Gasteiger partial charge < -0.3 is 15.2 Å². The molecule has 0 aromatic heterocycles. The molecule has 3 aromatic carbocycles. The summed E-state index contributed by atoms with van der Waals surface area (Å²) >= 11 is 5.88. The van der Waals surface area contributed by atoms with E-state index in [2.05, 4.69) is 5.32 Å². The molecule has 0 bridgehead atoms. The quantitative estimate of drug-likeness (QED) is 0.673. The summed E-state index contributed by atoms with van der Waals surface area (Å²) in [6, 6.07) is 17.4. The number of carbonyl (C=O) groups excluding carboxylic acids is 2. The van der Waals surface area contributed by atoms with E-state index in [9.17, 15) is 14.7 Å². The monoisotopic (exact) mass is 369 g/mol. The van der Waals surface area contributed by atoms with Gasteiger partial charge in [0.1, 0.15) is 11.3 Å². The highest BCUT2D eigenvalue weighted by Crippen LogP contribution is 2.25. The van der Waals surface area contributed by atoms with Crippen molar-refractivity contribution in [1.29, 1.82) is 0 Å². The van der Waals surface area contributed by atoms with Crippen LogP contribution >= 0.6 is 11.6 Å². The summed E-state index contributed by atoms with van der Waals surface area (Å²) in [7, 11) is 0. The zero-order valence-electron chi connectivity index (χ0n) is 13.7. The molecule has 0 saturated carbocycles. The van der Waals surface area contributed by atoms with Gasteiger partial charge in [-0.25, -0.2) is 4.79 Å². The normalized spacial score (nSPS) is 10.5. The first-order valence-corrected chi connectivity index (χ1v) is 8.31. The second-order valence-corrected chi connectivity index (χ2v) is 6.14. The lowest BCUT2D eigenvalue weighted by Gasteiger charge is -2.09. The van der Waals surface area contributed by atoms with Gasteiger partial charge in [0, 0.05) is 11.6 Å². The van der Waals surface area contributed by atoms with Gasteiger partial charge in [-0.2, -0.15) is 0 Å². The third-order valence-electron chi connectivity index (χ3n) is 3.80. The van der Waals surface area contributed by atoms with Gasteiger partial charge in [0.05, 0.1) is 0 Å². The number of phenolic OH excluding ortho intramolecular Hbond substituents is 1. The van der Waals surface area contributed by atoms with Crippen molar-refractivity contribution in [1.82, 2.24) is 5.32 Å². The van der Waals surface area contributed by atoms with Gasteiger partial charge in [-0.3, -0.25) is 4.79 Å². The molecule has 5 nitrogen and oxygen atoms in total. The Morgan fingerprint density at radius 3 is 2.46 bits per heavy atom. The predicted molar refractivity (Wildman–Crippen MR) is 99.2 cm³/mol. The summed E-state index contributed by atoms with van der Waals surface area (Å²) < 4.78 is 4.99. The van der Waals surface area contributed by atoms with Gasteiger partial charge in [-0.15, -0.1) is 0 Å². The van der Waals surface area contributed by atoms with Crippen LogP contribution in [0.4, 0.5) is 0 Å². The zero-order valence-corrected chi connectivity index (χ0v) is 14.5. The molecule has 3 rings (SSSR count). The SMILES string of the molecule is O=C(COC(=O)c1cc2ccccc2cc1O)NCc1cccc(Cl)c1. The number of benzene rings is 3. The fraction of sp³-hybridized carbons (Fsp3) is 0.100. The van der Waals surface area contributed by atoms with Crippen LogP contribution in [0.15, 0.2) is 60.7 Å². The molecule has 0 atom stereocenters. The van der Waals surface area contributed by atoms with Gasteiger partial charge in [0.2, 0.25) is 0 Å². The lowest BCUT2D eigenvalue weighted by atomic mass is 10.1. The van der Waals surface area contributed by atoms with Gasteiger partial charge in [0.25, 0.3) is 5.91 Å². The molecule has 0 fully saturated rings. The summed E-state index contributed by atoms with van der Waals surface area (Å²) in [6.45, 7) is -0.163. The number of esters is 1. The number of hydrogen-bond acceptors (Lipinski definition) is 4. The van der Waals surface area contributed by atoms with E-state index in [0.29, 0.717) is 5.02 Å². The standard InChI is InChI=1S/C20H16ClNO4/c21-16-7-3-4-13(8-16)11-22-19(24)12-26-20(25)17-9-14-5-1-2-6-15(14)10-18(17)23/h1-10,23H,11-12H2,(H,22,24). The summed E-state index contributed by atoms with van der Waals surface area (Å²) in [6.07, 6.45) is 0. The van der Waals surface area contributed by atoms with E-state index in [1.807, 2.05) is 30.3 Å². The maximum atomic E-state index is 12.2. The second-order valence-electron chi connectivity index (χ2n) is 5.70. The maximum Gasteiger partial charge on any atom is 0.342 e. The lowest BCUT2D eigenvalue weighted by molar-refractivity contribution is -0.124. The van der Waals surface area contributed by atoms with Crippen LogP contribution in [0.1, 0.15) is 15.9 Å². The summed E-state index contributed by atoms with van der Waals surface area (Å²) in [5, 5.41) is 14.8. The van der Waals surface area contributed by atoms with Gasteiger partial charge in [-0.05, 0) is 40.6 Å². The second kappa shape index (κ2) is 7.89. The van der Waals surface area contributed by atoms with Crippen molar-refractivity contribution < 1.29 is 19.4 Å². The minimum Gasteiger partial charge on any atom is -0.507 e. The molecule has 6 heteroatoms. The molecule has 0 aliphatic heterocycles. The van der Waals surface area contributed by atoms with Crippen LogP contribution < -0.4 is 5.32 Å². The Balaban J connectivity index is 1.58. The van der Waals surface area contributed by atoms with Crippen molar-refractivity contribution in [3.8, 4) is 5.75 Å². The number of hydrogen-bond donors (Lipinski definition) is 2. The Kier molecular flexibility index (Phi) is 5.39. The van der Waals surface area contributed by atoms with Crippen LogP contribution in [0, 0.1) is 0 Å². The lowest BCUT2D eigenvalue weighted by Crippen LogP contribution is -2.28. The number of carbonyl (C=O) groups is 2. The van der Waals surface area contributed by atoms with Crippen LogP contribution in [-0.2, 0) is 16.1 Å². The van der Waals surface area contributed by atoms with Crippen LogP contribution in [-0.4, -0.2) is 23.6 Å². The van der Waals surface area contributed by atoms with E-state index in [0.717, 1.165) is 16.3 Å². The van der Waals surface area contributed by atoms with Gasteiger partial charge in [0.15, 0.2) is 6.61 Å². The van der Waals surface area contributed by atoms with Crippen LogP contribution in [0.2, 0.25) is 5.02 Å². The highest BCUT2D eigenvalue weighted by Gasteiger charge is 2.15. The maximum absolute atomic E-state index is 12.2. The molecule has 0 aliphatic rings. The highest BCUT2D eigenvalue weighted by molar-refractivity contribution is 6.30.